The maximum Gasteiger partial charge on any atom is 0.239 e. The predicted octanol–water partition coefficient (Wildman–Crippen LogP) is 7.44. The fraction of sp³-hybridized carbons (Fsp3) is 0.474. The van der Waals surface area contributed by atoms with Crippen LogP contribution >= 0.6 is 0 Å². The summed E-state index contributed by atoms with van der Waals surface area (Å²) >= 11 is 0. The van der Waals surface area contributed by atoms with Gasteiger partial charge in [0, 0.05) is 12.1 Å². The van der Waals surface area contributed by atoms with Crippen molar-refractivity contribution in [2.75, 3.05) is 13.6 Å². The first-order valence-electron chi connectivity index (χ1n) is 15.7. The molecule has 0 saturated heterocycles. The Hall–Kier alpha value is -3.64. The summed E-state index contributed by atoms with van der Waals surface area (Å²) in [5.74, 6) is 1.02. The van der Waals surface area contributed by atoms with Crippen LogP contribution in [0, 0.1) is 12.8 Å². The lowest BCUT2D eigenvalue weighted by atomic mass is 9.86. The van der Waals surface area contributed by atoms with Crippen LogP contribution in [0.5, 0.6) is 5.75 Å². The predicted molar refractivity (Wildman–Crippen MR) is 183 cm³/mol. The highest BCUT2D eigenvalue weighted by Gasteiger charge is 2.25. The molecule has 3 rings (SSSR count). The Kier molecular flexibility index (Phi) is 14.1. The molecular weight excluding hydrogens is 546 g/mol. The van der Waals surface area contributed by atoms with E-state index >= 15 is 0 Å². The summed E-state index contributed by atoms with van der Waals surface area (Å²) in [5.41, 5.74) is 4.73. The van der Waals surface area contributed by atoms with Crippen molar-refractivity contribution in [1.29, 1.82) is 0 Å². The molecule has 0 aromatic heterocycles. The fourth-order valence-corrected chi connectivity index (χ4v) is 4.57. The second-order valence-corrected chi connectivity index (χ2v) is 14.1. The van der Waals surface area contributed by atoms with Crippen LogP contribution in [0.2, 0.25) is 0 Å². The van der Waals surface area contributed by atoms with Crippen LogP contribution in [-0.4, -0.2) is 41.9 Å². The number of likely N-dealkylation sites (N-methyl/N-ethyl adjacent to an activating group) is 1. The zero-order valence-corrected chi connectivity index (χ0v) is 28.7. The molecule has 1 atom stereocenters. The number of ether oxygens (including phenoxy) is 1. The first-order chi connectivity index (χ1) is 20.5. The molecule has 0 radical (unpaired) electrons. The summed E-state index contributed by atoms with van der Waals surface area (Å²) < 4.78 is 5.65. The van der Waals surface area contributed by atoms with E-state index in [1.165, 1.54) is 22.3 Å². The van der Waals surface area contributed by atoms with Gasteiger partial charge in [-0.2, -0.15) is 0 Å². The summed E-state index contributed by atoms with van der Waals surface area (Å²) in [6.07, 6.45) is 0.739. The van der Waals surface area contributed by atoms with Gasteiger partial charge in [0.25, 0.3) is 0 Å². The van der Waals surface area contributed by atoms with Crippen LogP contribution in [0.3, 0.4) is 0 Å². The lowest BCUT2D eigenvalue weighted by molar-refractivity contribution is -0.130. The molecule has 0 aliphatic carbocycles. The quantitative estimate of drug-likeness (QED) is 0.240. The van der Waals surface area contributed by atoms with Crippen LogP contribution in [0.25, 0.3) is 0 Å². The monoisotopic (exact) mass is 601 g/mol. The number of nitrogens with zero attached hydrogens (tertiary/aromatic N) is 1. The van der Waals surface area contributed by atoms with Crippen molar-refractivity contribution in [2.24, 2.45) is 5.92 Å². The second-order valence-electron chi connectivity index (χ2n) is 14.1. The standard InChI is InChI=1S/C24H41N3O2.C14H14O/c1-17(2)14-20(22(29)25-15-21(28)26-24(6,7)8)27(9)16-18-10-12-19(13-11-18)23(3,4)5;1-12-7-9-14(10-8-12)15-11-13-5-3-2-4-6-13/h10-13,17,20H,14-16H2,1-9H3,(H,25,29)(H,26,28);2-10H,11H2,1H3/t20-;/m0./s1. The summed E-state index contributed by atoms with van der Waals surface area (Å²) in [7, 11) is 1.97. The summed E-state index contributed by atoms with van der Waals surface area (Å²) in [4.78, 5) is 26.9. The molecule has 0 spiro atoms. The Morgan fingerprint density at radius 3 is 1.93 bits per heavy atom. The van der Waals surface area contributed by atoms with E-state index in [4.69, 9.17) is 4.74 Å². The molecule has 0 unspecified atom stereocenters. The average molecular weight is 602 g/mol. The molecule has 2 amide bonds. The van der Waals surface area contributed by atoms with E-state index in [-0.39, 0.29) is 35.4 Å². The number of nitrogens with one attached hydrogen (secondary N) is 2. The molecular formula is C38H55N3O3. The molecule has 0 saturated carbocycles. The maximum atomic E-state index is 12.8. The van der Waals surface area contributed by atoms with Crippen molar-refractivity contribution < 1.29 is 14.3 Å². The van der Waals surface area contributed by atoms with Crippen molar-refractivity contribution >= 4 is 11.8 Å². The zero-order chi connectivity index (χ0) is 32.9. The van der Waals surface area contributed by atoms with Gasteiger partial charge in [0.05, 0.1) is 12.6 Å². The van der Waals surface area contributed by atoms with Crippen molar-refractivity contribution in [2.45, 2.75) is 98.9 Å². The molecule has 0 aliphatic rings. The zero-order valence-electron chi connectivity index (χ0n) is 28.7. The van der Waals surface area contributed by atoms with Gasteiger partial charge < -0.3 is 15.4 Å². The molecule has 6 heteroatoms. The van der Waals surface area contributed by atoms with E-state index in [9.17, 15) is 9.59 Å². The van der Waals surface area contributed by atoms with Gasteiger partial charge in [-0.3, -0.25) is 14.5 Å². The number of rotatable bonds is 11. The van der Waals surface area contributed by atoms with Gasteiger partial charge >= 0.3 is 0 Å². The third kappa shape index (κ3) is 14.2. The Morgan fingerprint density at radius 2 is 1.41 bits per heavy atom. The van der Waals surface area contributed by atoms with Crippen LogP contribution < -0.4 is 15.4 Å². The minimum Gasteiger partial charge on any atom is -0.489 e. The first-order valence-corrected chi connectivity index (χ1v) is 15.7. The molecule has 3 aromatic rings. The number of aryl methyl sites for hydroxylation is 1. The molecule has 0 aliphatic heterocycles. The first kappa shape index (κ1) is 36.6. The second kappa shape index (κ2) is 17.0. The number of carbonyl (C=O) groups is 2. The summed E-state index contributed by atoms with van der Waals surface area (Å²) in [6, 6.07) is 26.6. The van der Waals surface area contributed by atoms with E-state index < -0.39 is 0 Å². The van der Waals surface area contributed by atoms with E-state index in [2.05, 4.69) is 106 Å². The van der Waals surface area contributed by atoms with Gasteiger partial charge in [0.1, 0.15) is 12.4 Å². The highest BCUT2D eigenvalue weighted by Crippen LogP contribution is 2.23. The number of benzene rings is 3. The number of carbonyl (C=O) groups excluding carboxylic acids is 2. The number of amides is 2. The molecule has 240 valence electrons. The number of hydrogen-bond donors (Lipinski definition) is 2. The van der Waals surface area contributed by atoms with Crippen molar-refractivity contribution in [3.8, 4) is 5.75 Å². The lowest BCUT2D eigenvalue weighted by Gasteiger charge is -2.29. The Bertz CT molecular complexity index is 1270. The van der Waals surface area contributed by atoms with Crippen LogP contribution in [0.4, 0.5) is 0 Å². The van der Waals surface area contributed by atoms with Crippen molar-refractivity contribution in [3.05, 3.63) is 101 Å². The van der Waals surface area contributed by atoms with Gasteiger partial charge in [0.15, 0.2) is 0 Å². The molecule has 0 heterocycles. The third-order valence-electron chi connectivity index (χ3n) is 6.99. The van der Waals surface area contributed by atoms with Crippen LogP contribution in [0.15, 0.2) is 78.9 Å². The third-order valence-corrected chi connectivity index (χ3v) is 6.99. The Labute approximate surface area is 266 Å². The maximum absolute atomic E-state index is 12.8. The van der Waals surface area contributed by atoms with Gasteiger partial charge in [-0.25, -0.2) is 0 Å². The van der Waals surface area contributed by atoms with E-state index in [1.54, 1.807) is 0 Å². The summed E-state index contributed by atoms with van der Waals surface area (Å²) in [6.45, 7) is 20.0. The largest absolute Gasteiger partial charge is 0.489 e. The van der Waals surface area contributed by atoms with Crippen LogP contribution in [0.1, 0.15) is 84.1 Å². The molecule has 6 nitrogen and oxygen atoms in total. The highest BCUT2D eigenvalue weighted by molar-refractivity contribution is 5.87. The Balaban J connectivity index is 0.000000373. The van der Waals surface area contributed by atoms with Crippen LogP contribution in [-0.2, 0) is 28.2 Å². The van der Waals surface area contributed by atoms with E-state index in [0.717, 1.165) is 12.2 Å². The normalized spacial score (nSPS) is 12.3. The van der Waals surface area contributed by atoms with Crippen molar-refractivity contribution in [1.82, 2.24) is 15.5 Å². The molecule has 2 N–H and O–H groups in total. The minimum atomic E-state index is -0.310. The SMILES string of the molecule is CC(C)C[C@@H](C(=O)NCC(=O)NC(C)(C)C)N(C)Cc1ccc(C(C)(C)C)cc1.Cc1ccc(OCc2ccccc2)cc1. The number of hydrogen-bond acceptors (Lipinski definition) is 4. The topological polar surface area (TPSA) is 70.7 Å². The molecule has 0 bridgehead atoms. The van der Waals surface area contributed by atoms with Gasteiger partial charge in [-0.05, 0) is 81.3 Å². The minimum absolute atomic E-state index is 0.00117. The van der Waals surface area contributed by atoms with Gasteiger partial charge in [-0.15, -0.1) is 0 Å². The van der Waals surface area contributed by atoms with E-state index in [1.807, 2.05) is 58.2 Å². The highest BCUT2D eigenvalue weighted by atomic mass is 16.5. The Morgan fingerprint density at radius 1 is 0.818 bits per heavy atom. The fourth-order valence-electron chi connectivity index (χ4n) is 4.57. The molecule has 3 aromatic carbocycles. The lowest BCUT2D eigenvalue weighted by Crippen LogP contribution is -2.50. The van der Waals surface area contributed by atoms with Gasteiger partial charge in [0.2, 0.25) is 11.8 Å². The van der Waals surface area contributed by atoms with Crippen molar-refractivity contribution in [3.63, 3.8) is 0 Å². The smallest absolute Gasteiger partial charge is 0.239 e. The van der Waals surface area contributed by atoms with E-state index in [0.29, 0.717) is 19.1 Å². The average Bonchev–Trinajstić information content (AvgIpc) is 2.94. The summed E-state index contributed by atoms with van der Waals surface area (Å²) in [5, 5.41) is 5.69. The molecule has 0 fully saturated rings. The molecule has 44 heavy (non-hydrogen) atoms. The van der Waals surface area contributed by atoms with Gasteiger partial charge in [-0.1, -0.05) is 107 Å².